The molecule has 1 aromatic carbocycles. The van der Waals surface area contributed by atoms with Crippen LogP contribution in [0.5, 0.6) is 5.75 Å². The first kappa shape index (κ1) is 11.3. The molecule has 1 atom stereocenters. The maximum atomic E-state index is 13.3. The first-order valence-corrected chi connectivity index (χ1v) is 4.71. The summed E-state index contributed by atoms with van der Waals surface area (Å²) in [6.45, 7) is 1.89. The predicted octanol–water partition coefficient (Wildman–Crippen LogP) is 2.55. The minimum atomic E-state index is -0.435. The van der Waals surface area contributed by atoms with Crippen molar-refractivity contribution in [1.82, 2.24) is 0 Å². The van der Waals surface area contributed by atoms with E-state index in [1.165, 1.54) is 19.2 Å². The molecule has 0 fully saturated rings. The quantitative estimate of drug-likeness (QED) is 0.827. The van der Waals surface area contributed by atoms with Crippen molar-refractivity contribution < 1.29 is 9.13 Å². The molecular formula is C11H13FN2O. The number of methoxy groups -OCH3 is 1. The van der Waals surface area contributed by atoms with E-state index in [0.717, 1.165) is 0 Å². The molecule has 4 heteroatoms. The highest BCUT2D eigenvalue weighted by Gasteiger charge is 2.07. The zero-order chi connectivity index (χ0) is 11.3. The smallest absolute Gasteiger partial charge is 0.167 e. The van der Waals surface area contributed by atoms with Crippen LogP contribution in [0.4, 0.5) is 10.1 Å². The lowest BCUT2D eigenvalue weighted by Gasteiger charge is -2.11. The van der Waals surface area contributed by atoms with Gasteiger partial charge in [-0.25, -0.2) is 4.39 Å². The monoisotopic (exact) mass is 208 g/mol. The maximum Gasteiger partial charge on any atom is 0.167 e. The van der Waals surface area contributed by atoms with E-state index < -0.39 is 5.82 Å². The van der Waals surface area contributed by atoms with E-state index in [4.69, 9.17) is 10.00 Å². The van der Waals surface area contributed by atoms with Gasteiger partial charge >= 0.3 is 0 Å². The molecule has 3 nitrogen and oxygen atoms in total. The fourth-order valence-electron chi connectivity index (χ4n) is 1.18. The third-order valence-corrected chi connectivity index (χ3v) is 2.06. The molecule has 0 bridgehead atoms. The van der Waals surface area contributed by atoms with Gasteiger partial charge in [0.05, 0.1) is 13.2 Å². The molecule has 0 saturated carbocycles. The summed E-state index contributed by atoms with van der Waals surface area (Å²) in [4.78, 5) is 0. The summed E-state index contributed by atoms with van der Waals surface area (Å²) in [6, 6.07) is 6.32. The lowest BCUT2D eigenvalue weighted by atomic mass is 10.2. The summed E-state index contributed by atoms with van der Waals surface area (Å²) in [6.07, 6.45) is 0.671. The van der Waals surface area contributed by atoms with Crippen LogP contribution < -0.4 is 10.1 Å². The molecule has 1 rings (SSSR count). The summed E-state index contributed by atoms with van der Waals surface area (Å²) in [5.41, 5.74) is 0.585. The Balaban J connectivity index is 2.80. The summed E-state index contributed by atoms with van der Waals surface area (Å²) in [7, 11) is 1.41. The van der Waals surface area contributed by atoms with Crippen LogP contribution in [0.2, 0.25) is 0 Å². The number of nitriles is 1. The Morgan fingerprint density at radius 2 is 2.33 bits per heavy atom. The van der Waals surface area contributed by atoms with E-state index in [9.17, 15) is 4.39 Å². The molecule has 0 aliphatic heterocycles. The second kappa shape index (κ2) is 5.20. The van der Waals surface area contributed by atoms with Gasteiger partial charge in [-0.15, -0.1) is 0 Å². The number of ether oxygens (including phenoxy) is 1. The Kier molecular flexibility index (Phi) is 3.92. The first-order valence-electron chi connectivity index (χ1n) is 4.71. The highest BCUT2D eigenvalue weighted by Crippen LogP contribution is 2.21. The fourth-order valence-corrected chi connectivity index (χ4v) is 1.18. The molecule has 80 valence electrons. The topological polar surface area (TPSA) is 45.0 Å². The minimum absolute atomic E-state index is 0.200. The number of benzene rings is 1. The molecule has 0 aromatic heterocycles. The van der Waals surface area contributed by atoms with Crippen LogP contribution in [-0.4, -0.2) is 13.2 Å². The van der Waals surface area contributed by atoms with Crippen LogP contribution in [-0.2, 0) is 0 Å². The summed E-state index contributed by atoms with van der Waals surface area (Å²) >= 11 is 0. The number of rotatable bonds is 4. The van der Waals surface area contributed by atoms with Gasteiger partial charge in [-0.2, -0.15) is 5.26 Å². The van der Waals surface area contributed by atoms with Gasteiger partial charge in [0.15, 0.2) is 11.6 Å². The molecule has 0 radical (unpaired) electrons. The number of nitrogens with zero attached hydrogens (tertiary/aromatic N) is 1. The number of anilines is 1. The van der Waals surface area contributed by atoms with E-state index in [0.29, 0.717) is 12.1 Å². The van der Waals surface area contributed by atoms with Crippen molar-refractivity contribution in [3.05, 3.63) is 24.0 Å². The van der Waals surface area contributed by atoms with Crippen molar-refractivity contribution in [1.29, 1.82) is 5.26 Å². The van der Waals surface area contributed by atoms with Crippen LogP contribution in [0.25, 0.3) is 0 Å². The van der Waals surface area contributed by atoms with Crippen molar-refractivity contribution in [2.75, 3.05) is 12.4 Å². The van der Waals surface area contributed by atoms with Gasteiger partial charge in [-0.1, -0.05) is 6.92 Å². The van der Waals surface area contributed by atoms with Gasteiger partial charge < -0.3 is 10.1 Å². The zero-order valence-electron chi connectivity index (χ0n) is 8.75. The van der Waals surface area contributed by atoms with Gasteiger partial charge in [0.1, 0.15) is 6.04 Å². The third-order valence-electron chi connectivity index (χ3n) is 2.06. The largest absolute Gasteiger partial charge is 0.494 e. The van der Waals surface area contributed by atoms with E-state index in [1.807, 2.05) is 6.92 Å². The van der Waals surface area contributed by atoms with Gasteiger partial charge in [0.2, 0.25) is 0 Å². The van der Waals surface area contributed by atoms with Crippen LogP contribution in [0.3, 0.4) is 0 Å². The molecule has 0 saturated heterocycles. The van der Waals surface area contributed by atoms with E-state index in [1.54, 1.807) is 6.07 Å². The lowest BCUT2D eigenvalue weighted by Crippen LogP contribution is -2.15. The maximum absolute atomic E-state index is 13.3. The molecule has 0 spiro atoms. The molecule has 15 heavy (non-hydrogen) atoms. The molecule has 1 unspecified atom stereocenters. The van der Waals surface area contributed by atoms with Crippen LogP contribution in [0.1, 0.15) is 13.3 Å². The second-order valence-electron chi connectivity index (χ2n) is 3.08. The SMILES string of the molecule is CCC(C#N)Nc1ccc(OC)c(F)c1. The predicted molar refractivity (Wildman–Crippen MR) is 56.3 cm³/mol. The van der Waals surface area contributed by atoms with Crippen LogP contribution in [0.15, 0.2) is 18.2 Å². The minimum Gasteiger partial charge on any atom is -0.494 e. The Hall–Kier alpha value is -1.76. The Bertz CT molecular complexity index is 373. The molecule has 0 aliphatic carbocycles. The third kappa shape index (κ3) is 2.84. The number of hydrogen-bond donors (Lipinski definition) is 1. The first-order chi connectivity index (χ1) is 7.21. The van der Waals surface area contributed by atoms with Crippen molar-refractivity contribution in [2.24, 2.45) is 0 Å². The number of nitrogens with one attached hydrogen (secondary N) is 1. The van der Waals surface area contributed by atoms with Crippen molar-refractivity contribution in [2.45, 2.75) is 19.4 Å². The summed E-state index contributed by atoms with van der Waals surface area (Å²) in [5.74, 6) is -0.235. The average Bonchev–Trinajstić information content (AvgIpc) is 2.26. The zero-order valence-corrected chi connectivity index (χ0v) is 8.75. The molecule has 0 amide bonds. The highest BCUT2D eigenvalue weighted by molar-refractivity contribution is 5.48. The summed E-state index contributed by atoms with van der Waals surface area (Å²) < 4.78 is 18.1. The molecule has 1 aromatic rings. The lowest BCUT2D eigenvalue weighted by molar-refractivity contribution is 0.386. The second-order valence-corrected chi connectivity index (χ2v) is 3.08. The highest BCUT2D eigenvalue weighted by atomic mass is 19.1. The van der Waals surface area contributed by atoms with Gasteiger partial charge in [0, 0.05) is 11.8 Å². The van der Waals surface area contributed by atoms with Gasteiger partial charge in [-0.3, -0.25) is 0 Å². The molecular weight excluding hydrogens is 195 g/mol. The van der Waals surface area contributed by atoms with E-state index >= 15 is 0 Å². The average molecular weight is 208 g/mol. The van der Waals surface area contributed by atoms with Crippen molar-refractivity contribution in [3.8, 4) is 11.8 Å². The van der Waals surface area contributed by atoms with Gasteiger partial charge in [0.25, 0.3) is 0 Å². The van der Waals surface area contributed by atoms with Gasteiger partial charge in [-0.05, 0) is 18.6 Å². The molecule has 0 heterocycles. The van der Waals surface area contributed by atoms with Crippen molar-refractivity contribution in [3.63, 3.8) is 0 Å². The Morgan fingerprint density at radius 1 is 1.60 bits per heavy atom. The Labute approximate surface area is 88.5 Å². The molecule has 1 N–H and O–H groups in total. The van der Waals surface area contributed by atoms with Crippen molar-refractivity contribution >= 4 is 5.69 Å². The standard InChI is InChI=1S/C11H13FN2O/c1-3-8(7-13)14-9-4-5-11(15-2)10(12)6-9/h4-6,8,14H,3H2,1-2H3. The molecule has 0 aliphatic rings. The van der Waals surface area contributed by atoms with Crippen LogP contribution in [0, 0.1) is 17.1 Å². The number of hydrogen-bond acceptors (Lipinski definition) is 3. The number of halogens is 1. The Morgan fingerprint density at radius 3 is 2.80 bits per heavy atom. The fraction of sp³-hybridized carbons (Fsp3) is 0.364. The van der Waals surface area contributed by atoms with E-state index in [-0.39, 0.29) is 11.8 Å². The normalized spacial score (nSPS) is 11.6. The summed E-state index contributed by atoms with van der Waals surface area (Å²) in [5, 5.41) is 11.6. The van der Waals surface area contributed by atoms with Crippen LogP contribution >= 0.6 is 0 Å². The van der Waals surface area contributed by atoms with E-state index in [2.05, 4.69) is 11.4 Å².